The molecule has 1 aromatic carbocycles. The molecule has 0 atom stereocenters. The van der Waals surface area contributed by atoms with Crippen molar-refractivity contribution in [1.82, 2.24) is 10.2 Å². The van der Waals surface area contributed by atoms with Gasteiger partial charge in [-0.1, -0.05) is 12.1 Å². The Hall–Kier alpha value is -1.46. The molecule has 1 N–H and O–H groups in total. The van der Waals surface area contributed by atoms with Gasteiger partial charge in [0.2, 0.25) is 0 Å². The van der Waals surface area contributed by atoms with Crippen molar-refractivity contribution >= 4 is 5.69 Å². The Balaban J connectivity index is 2.49. The Labute approximate surface area is 127 Å². The molecule has 1 rings (SSSR count). The third-order valence-corrected chi connectivity index (χ3v) is 3.67. The molecule has 5 heteroatoms. The fourth-order valence-electron chi connectivity index (χ4n) is 2.52. The lowest BCUT2D eigenvalue weighted by molar-refractivity contribution is -0.385. The van der Waals surface area contributed by atoms with Crippen LogP contribution in [0.15, 0.2) is 18.2 Å². The molecule has 0 radical (unpaired) electrons. The second kappa shape index (κ2) is 8.10. The zero-order valence-electron chi connectivity index (χ0n) is 13.7. The van der Waals surface area contributed by atoms with Crippen molar-refractivity contribution in [2.45, 2.75) is 53.2 Å². The van der Waals surface area contributed by atoms with Crippen LogP contribution in [0.4, 0.5) is 5.69 Å². The monoisotopic (exact) mass is 293 g/mol. The van der Waals surface area contributed by atoms with Crippen molar-refractivity contribution in [3.05, 3.63) is 39.4 Å². The predicted octanol–water partition coefficient (Wildman–Crippen LogP) is 3.11. The fraction of sp³-hybridized carbons (Fsp3) is 0.625. The van der Waals surface area contributed by atoms with E-state index in [9.17, 15) is 10.1 Å². The van der Waals surface area contributed by atoms with Gasteiger partial charge >= 0.3 is 0 Å². The van der Waals surface area contributed by atoms with Crippen LogP contribution >= 0.6 is 0 Å². The third-order valence-electron chi connectivity index (χ3n) is 3.67. The van der Waals surface area contributed by atoms with E-state index in [2.05, 4.69) is 37.9 Å². The molecule has 0 amide bonds. The van der Waals surface area contributed by atoms with Crippen LogP contribution in [0.3, 0.4) is 0 Å². The van der Waals surface area contributed by atoms with Gasteiger partial charge in [-0.25, -0.2) is 0 Å². The van der Waals surface area contributed by atoms with Gasteiger partial charge in [-0.3, -0.25) is 15.0 Å². The van der Waals surface area contributed by atoms with Gasteiger partial charge < -0.3 is 5.32 Å². The van der Waals surface area contributed by atoms with Crippen molar-refractivity contribution in [2.75, 3.05) is 13.1 Å². The van der Waals surface area contributed by atoms with Crippen LogP contribution in [0, 0.1) is 17.0 Å². The first kappa shape index (κ1) is 17.6. The number of nitrogens with one attached hydrogen (secondary N) is 1. The maximum absolute atomic E-state index is 10.9. The summed E-state index contributed by atoms with van der Waals surface area (Å²) >= 11 is 0. The number of aryl methyl sites for hydroxylation is 1. The number of nitro benzene ring substituents is 1. The molecule has 5 nitrogen and oxygen atoms in total. The van der Waals surface area contributed by atoms with Crippen LogP contribution in [-0.2, 0) is 6.54 Å². The largest absolute Gasteiger partial charge is 0.311 e. The topological polar surface area (TPSA) is 58.4 Å². The normalized spacial score (nSPS) is 11.6. The minimum Gasteiger partial charge on any atom is -0.311 e. The Bertz CT molecular complexity index is 465. The molecular weight excluding hydrogens is 266 g/mol. The Morgan fingerprint density at radius 3 is 2.38 bits per heavy atom. The number of nitrogens with zero attached hydrogens (tertiary/aromatic N) is 2. The summed E-state index contributed by atoms with van der Waals surface area (Å²) in [6, 6.07) is 6.45. The first-order valence-electron chi connectivity index (χ1n) is 7.53. The number of hydrogen-bond donors (Lipinski definition) is 1. The lowest BCUT2D eigenvalue weighted by atomic mass is 10.1. The van der Waals surface area contributed by atoms with E-state index in [4.69, 9.17) is 0 Å². The Morgan fingerprint density at radius 2 is 1.86 bits per heavy atom. The summed E-state index contributed by atoms with van der Waals surface area (Å²) < 4.78 is 0. The zero-order valence-corrected chi connectivity index (χ0v) is 13.7. The second-order valence-corrected chi connectivity index (χ2v) is 5.98. The van der Waals surface area contributed by atoms with Crippen molar-refractivity contribution in [2.24, 2.45) is 0 Å². The second-order valence-electron chi connectivity index (χ2n) is 5.98. The quantitative estimate of drug-likeness (QED) is 0.454. The summed E-state index contributed by atoms with van der Waals surface area (Å²) in [6.07, 6.45) is 0. The lowest BCUT2D eigenvalue weighted by Gasteiger charge is -2.30. The average molecular weight is 293 g/mol. The molecule has 0 aliphatic heterocycles. The van der Waals surface area contributed by atoms with Gasteiger partial charge in [0, 0.05) is 43.3 Å². The van der Waals surface area contributed by atoms with E-state index in [1.807, 2.05) is 12.1 Å². The summed E-state index contributed by atoms with van der Waals surface area (Å²) in [4.78, 5) is 13.0. The third kappa shape index (κ3) is 5.44. The van der Waals surface area contributed by atoms with Crippen LogP contribution < -0.4 is 5.32 Å². The van der Waals surface area contributed by atoms with Crippen LogP contribution in [0.1, 0.15) is 38.8 Å². The van der Waals surface area contributed by atoms with E-state index in [1.165, 1.54) is 0 Å². The van der Waals surface area contributed by atoms with Gasteiger partial charge in [0.05, 0.1) is 4.92 Å². The molecule has 0 aliphatic rings. The van der Waals surface area contributed by atoms with Crippen LogP contribution in [0.2, 0.25) is 0 Å². The van der Waals surface area contributed by atoms with E-state index in [0.717, 1.165) is 18.7 Å². The van der Waals surface area contributed by atoms with E-state index in [0.29, 0.717) is 24.2 Å². The van der Waals surface area contributed by atoms with Gasteiger partial charge in [-0.2, -0.15) is 0 Å². The van der Waals surface area contributed by atoms with Crippen molar-refractivity contribution < 1.29 is 4.92 Å². The summed E-state index contributed by atoms with van der Waals surface area (Å²) in [5.74, 6) is 0. The van der Waals surface area contributed by atoms with Crippen LogP contribution in [0.5, 0.6) is 0 Å². The highest BCUT2D eigenvalue weighted by Gasteiger charge is 2.13. The predicted molar refractivity (Wildman–Crippen MR) is 86.5 cm³/mol. The molecule has 0 unspecified atom stereocenters. The molecule has 21 heavy (non-hydrogen) atoms. The minimum atomic E-state index is -0.321. The Kier molecular flexibility index (Phi) is 6.78. The van der Waals surface area contributed by atoms with Crippen LogP contribution in [0.25, 0.3) is 0 Å². The first-order chi connectivity index (χ1) is 9.82. The smallest absolute Gasteiger partial charge is 0.272 e. The minimum absolute atomic E-state index is 0.195. The average Bonchev–Trinajstić information content (AvgIpc) is 2.39. The first-order valence-corrected chi connectivity index (χ1v) is 7.53. The molecular formula is C16H27N3O2. The molecule has 1 aromatic rings. The summed E-state index contributed by atoms with van der Waals surface area (Å²) in [6.45, 7) is 13.1. The molecule has 0 saturated carbocycles. The number of benzene rings is 1. The Morgan fingerprint density at radius 1 is 1.24 bits per heavy atom. The maximum Gasteiger partial charge on any atom is 0.272 e. The van der Waals surface area contributed by atoms with Gasteiger partial charge in [0.15, 0.2) is 0 Å². The highest BCUT2D eigenvalue weighted by molar-refractivity contribution is 5.42. The molecule has 0 aromatic heterocycles. The van der Waals surface area contributed by atoms with Crippen molar-refractivity contribution in [3.63, 3.8) is 0 Å². The van der Waals surface area contributed by atoms with Gasteiger partial charge in [0.25, 0.3) is 5.69 Å². The molecule has 0 spiro atoms. The van der Waals surface area contributed by atoms with Crippen LogP contribution in [-0.4, -0.2) is 35.0 Å². The molecule has 118 valence electrons. The van der Waals surface area contributed by atoms with Gasteiger partial charge in [-0.05, 0) is 40.2 Å². The van der Waals surface area contributed by atoms with E-state index >= 15 is 0 Å². The number of nitro groups is 1. The van der Waals surface area contributed by atoms with Crippen molar-refractivity contribution in [3.8, 4) is 0 Å². The van der Waals surface area contributed by atoms with Gasteiger partial charge in [0.1, 0.15) is 0 Å². The standard InChI is InChI=1S/C16H27N3O2/c1-12(2)18(13(3)4)9-8-17-11-15-7-6-14(5)16(10-15)19(20)21/h6-7,10,12-13,17H,8-9,11H2,1-5H3. The SMILES string of the molecule is Cc1ccc(CNCCN(C(C)C)C(C)C)cc1[N+](=O)[O-]. The fourth-order valence-corrected chi connectivity index (χ4v) is 2.52. The molecule has 0 fully saturated rings. The molecule has 0 bridgehead atoms. The lowest BCUT2D eigenvalue weighted by Crippen LogP contribution is -2.41. The molecule has 0 saturated heterocycles. The molecule has 0 aliphatic carbocycles. The highest BCUT2D eigenvalue weighted by atomic mass is 16.6. The van der Waals surface area contributed by atoms with E-state index in [1.54, 1.807) is 13.0 Å². The summed E-state index contributed by atoms with van der Waals surface area (Å²) in [7, 11) is 0. The summed E-state index contributed by atoms with van der Waals surface area (Å²) in [5.41, 5.74) is 1.85. The van der Waals surface area contributed by atoms with E-state index in [-0.39, 0.29) is 10.6 Å². The van der Waals surface area contributed by atoms with Gasteiger partial charge in [-0.15, -0.1) is 0 Å². The molecule has 0 heterocycles. The number of hydrogen-bond acceptors (Lipinski definition) is 4. The van der Waals surface area contributed by atoms with E-state index < -0.39 is 0 Å². The van der Waals surface area contributed by atoms with Crippen molar-refractivity contribution in [1.29, 1.82) is 0 Å². The summed E-state index contributed by atoms with van der Waals surface area (Å²) in [5, 5.41) is 14.3. The zero-order chi connectivity index (χ0) is 16.0. The maximum atomic E-state index is 10.9. The highest BCUT2D eigenvalue weighted by Crippen LogP contribution is 2.19. The number of rotatable bonds is 8.